The number of likely N-dealkylation sites (N-methyl/N-ethyl adjacent to an activating group) is 2. The van der Waals surface area contributed by atoms with Gasteiger partial charge in [-0.1, -0.05) is 30.3 Å². The van der Waals surface area contributed by atoms with Crippen LogP contribution in [0.15, 0.2) is 30.3 Å². The fourth-order valence-corrected chi connectivity index (χ4v) is 2.10. The molecule has 0 radical (unpaired) electrons. The lowest BCUT2D eigenvalue weighted by molar-refractivity contribution is 0.166. The van der Waals surface area contributed by atoms with E-state index in [9.17, 15) is 5.11 Å². The van der Waals surface area contributed by atoms with Gasteiger partial charge in [-0.2, -0.15) is 0 Å². The summed E-state index contributed by atoms with van der Waals surface area (Å²) in [4.78, 5) is 2.36. The zero-order valence-electron chi connectivity index (χ0n) is 12.5. The van der Waals surface area contributed by atoms with Gasteiger partial charge in [0.2, 0.25) is 0 Å². The van der Waals surface area contributed by atoms with E-state index >= 15 is 0 Å². The normalized spacial score (nSPS) is 14.6. The average Bonchev–Trinajstić information content (AvgIpc) is 2.46. The van der Waals surface area contributed by atoms with E-state index in [4.69, 9.17) is 0 Å². The first-order chi connectivity index (χ1) is 9.09. The van der Waals surface area contributed by atoms with Crippen molar-refractivity contribution in [3.63, 3.8) is 0 Å². The van der Waals surface area contributed by atoms with Crippen LogP contribution >= 0.6 is 0 Å². The van der Waals surface area contributed by atoms with Gasteiger partial charge < -0.3 is 15.3 Å². The van der Waals surface area contributed by atoms with Crippen molar-refractivity contribution in [3.8, 4) is 0 Å². The molecule has 0 aliphatic carbocycles. The van der Waals surface area contributed by atoms with Crippen molar-refractivity contribution in [2.45, 2.75) is 31.7 Å². The van der Waals surface area contributed by atoms with E-state index in [2.05, 4.69) is 54.5 Å². The maximum Gasteiger partial charge on any atom is 0.0610 e. The van der Waals surface area contributed by atoms with Gasteiger partial charge in [-0.05, 0) is 52.4 Å². The molecule has 108 valence electrons. The molecule has 1 aromatic rings. The number of aliphatic hydroxyl groups excluding tert-OH is 1. The molecule has 0 heterocycles. The van der Waals surface area contributed by atoms with Crippen LogP contribution in [-0.4, -0.2) is 49.3 Å². The van der Waals surface area contributed by atoms with Crippen LogP contribution in [0.25, 0.3) is 0 Å². The van der Waals surface area contributed by atoms with Crippen molar-refractivity contribution < 1.29 is 5.11 Å². The minimum Gasteiger partial charge on any atom is -0.394 e. The number of nitrogens with one attached hydrogen (secondary N) is 1. The van der Waals surface area contributed by atoms with E-state index < -0.39 is 0 Å². The summed E-state index contributed by atoms with van der Waals surface area (Å²) >= 11 is 0. The molecule has 0 aliphatic heterocycles. The van der Waals surface area contributed by atoms with E-state index in [0.29, 0.717) is 0 Å². The van der Waals surface area contributed by atoms with Crippen molar-refractivity contribution in [1.82, 2.24) is 10.2 Å². The summed E-state index contributed by atoms with van der Waals surface area (Å²) in [6, 6.07) is 10.6. The second kappa shape index (κ2) is 8.31. The molecule has 1 unspecified atom stereocenters. The van der Waals surface area contributed by atoms with Gasteiger partial charge in [0.25, 0.3) is 0 Å². The van der Waals surface area contributed by atoms with Gasteiger partial charge in [0.05, 0.1) is 6.61 Å². The minimum atomic E-state index is -0.139. The monoisotopic (exact) mass is 264 g/mol. The first-order valence-corrected chi connectivity index (χ1v) is 7.12. The maximum atomic E-state index is 9.33. The van der Waals surface area contributed by atoms with Crippen LogP contribution in [0.4, 0.5) is 0 Å². The summed E-state index contributed by atoms with van der Waals surface area (Å²) in [5.74, 6) is 0. The number of hydrogen-bond acceptors (Lipinski definition) is 3. The zero-order valence-corrected chi connectivity index (χ0v) is 12.5. The number of nitrogens with zero attached hydrogens (tertiary/aromatic N) is 1. The smallest absolute Gasteiger partial charge is 0.0610 e. The van der Waals surface area contributed by atoms with Gasteiger partial charge in [0, 0.05) is 12.1 Å². The highest BCUT2D eigenvalue weighted by molar-refractivity contribution is 5.14. The van der Waals surface area contributed by atoms with E-state index in [1.807, 2.05) is 7.05 Å². The lowest BCUT2D eigenvalue weighted by Crippen LogP contribution is -2.43. The predicted octanol–water partition coefficient (Wildman–Crippen LogP) is 1.91. The third kappa shape index (κ3) is 6.19. The summed E-state index contributed by atoms with van der Waals surface area (Å²) < 4.78 is 0. The van der Waals surface area contributed by atoms with Crippen LogP contribution in [0, 0.1) is 0 Å². The second-order valence-corrected chi connectivity index (χ2v) is 5.61. The molecule has 0 aromatic heterocycles. The molecule has 3 heteroatoms. The Morgan fingerprint density at radius 1 is 1.21 bits per heavy atom. The second-order valence-electron chi connectivity index (χ2n) is 5.61. The molecule has 0 aliphatic rings. The Morgan fingerprint density at radius 3 is 2.47 bits per heavy atom. The Kier molecular flexibility index (Phi) is 7.06. The maximum absolute atomic E-state index is 9.33. The van der Waals surface area contributed by atoms with Crippen molar-refractivity contribution in [3.05, 3.63) is 35.9 Å². The standard InChI is InChI=1S/C16H28N2O/c1-16(14-19,17-2)11-7-12-18(3)13-10-15-8-5-4-6-9-15/h4-6,8-9,17,19H,7,10-14H2,1-3H3. The van der Waals surface area contributed by atoms with Crippen LogP contribution in [-0.2, 0) is 6.42 Å². The average molecular weight is 264 g/mol. The summed E-state index contributed by atoms with van der Waals surface area (Å²) in [6.07, 6.45) is 3.19. The van der Waals surface area contributed by atoms with E-state index in [-0.39, 0.29) is 12.1 Å². The van der Waals surface area contributed by atoms with E-state index in [0.717, 1.165) is 32.4 Å². The molecule has 0 fully saturated rings. The van der Waals surface area contributed by atoms with Crippen LogP contribution in [0.3, 0.4) is 0 Å². The van der Waals surface area contributed by atoms with Gasteiger partial charge in [-0.3, -0.25) is 0 Å². The Morgan fingerprint density at radius 2 is 1.89 bits per heavy atom. The fourth-order valence-electron chi connectivity index (χ4n) is 2.10. The van der Waals surface area contributed by atoms with Crippen molar-refractivity contribution in [2.75, 3.05) is 33.8 Å². The van der Waals surface area contributed by atoms with Gasteiger partial charge in [-0.25, -0.2) is 0 Å². The summed E-state index contributed by atoms with van der Waals surface area (Å²) in [5.41, 5.74) is 1.25. The molecule has 0 saturated carbocycles. The first kappa shape index (κ1) is 16.2. The number of aliphatic hydroxyl groups is 1. The summed E-state index contributed by atoms with van der Waals surface area (Å²) in [7, 11) is 4.08. The zero-order chi connectivity index (χ0) is 14.1. The highest BCUT2D eigenvalue weighted by Crippen LogP contribution is 2.11. The Balaban J connectivity index is 2.20. The number of rotatable bonds is 9. The third-order valence-electron chi connectivity index (χ3n) is 3.85. The molecule has 1 rings (SSSR count). The van der Waals surface area contributed by atoms with Crippen LogP contribution in [0.5, 0.6) is 0 Å². The molecule has 2 N–H and O–H groups in total. The molecule has 0 saturated heterocycles. The largest absolute Gasteiger partial charge is 0.394 e. The topological polar surface area (TPSA) is 35.5 Å². The van der Waals surface area contributed by atoms with Gasteiger partial charge >= 0.3 is 0 Å². The third-order valence-corrected chi connectivity index (χ3v) is 3.85. The molecule has 0 bridgehead atoms. The quantitative estimate of drug-likeness (QED) is 0.715. The Hall–Kier alpha value is -0.900. The molecule has 0 spiro atoms. The van der Waals surface area contributed by atoms with Crippen molar-refractivity contribution >= 4 is 0 Å². The fraction of sp³-hybridized carbons (Fsp3) is 0.625. The van der Waals surface area contributed by atoms with Crippen molar-refractivity contribution in [1.29, 1.82) is 0 Å². The van der Waals surface area contributed by atoms with E-state index in [1.165, 1.54) is 5.56 Å². The van der Waals surface area contributed by atoms with Gasteiger partial charge in [0.1, 0.15) is 0 Å². The lowest BCUT2D eigenvalue weighted by atomic mass is 9.97. The first-order valence-electron chi connectivity index (χ1n) is 7.12. The molecule has 19 heavy (non-hydrogen) atoms. The summed E-state index contributed by atoms with van der Waals surface area (Å²) in [6.45, 7) is 4.41. The van der Waals surface area contributed by atoms with Gasteiger partial charge in [-0.15, -0.1) is 0 Å². The van der Waals surface area contributed by atoms with Crippen LogP contribution in [0.2, 0.25) is 0 Å². The Bertz CT molecular complexity index is 336. The molecule has 3 nitrogen and oxygen atoms in total. The lowest BCUT2D eigenvalue weighted by Gasteiger charge is -2.27. The highest BCUT2D eigenvalue weighted by Gasteiger charge is 2.19. The molecule has 0 amide bonds. The number of hydrogen-bond donors (Lipinski definition) is 2. The van der Waals surface area contributed by atoms with Crippen molar-refractivity contribution in [2.24, 2.45) is 0 Å². The SMILES string of the molecule is CNC(C)(CO)CCCN(C)CCc1ccccc1. The minimum absolute atomic E-state index is 0.139. The van der Waals surface area contributed by atoms with Crippen LogP contribution < -0.4 is 5.32 Å². The van der Waals surface area contributed by atoms with Gasteiger partial charge in [0.15, 0.2) is 0 Å². The number of benzene rings is 1. The predicted molar refractivity (Wildman–Crippen MR) is 81.4 cm³/mol. The molecule has 1 atom stereocenters. The molecule has 1 aromatic carbocycles. The van der Waals surface area contributed by atoms with E-state index in [1.54, 1.807) is 0 Å². The Labute approximate surface area is 117 Å². The molecular formula is C16H28N2O. The molecular weight excluding hydrogens is 236 g/mol. The summed E-state index contributed by atoms with van der Waals surface area (Å²) in [5, 5.41) is 12.5. The highest BCUT2D eigenvalue weighted by atomic mass is 16.3. The van der Waals surface area contributed by atoms with Crippen LogP contribution in [0.1, 0.15) is 25.3 Å².